The minimum Gasteiger partial charge on any atom is -0.454 e. The predicted octanol–water partition coefficient (Wildman–Crippen LogP) is 9.00. The van der Waals surface area contributed by atoms with Crippen LogP contribution in [0.4, 0.5) is 0 Å². The summed E-state index contributed by atoms with van der Waals surface area (Å²) < 4.78 is 8.89. The molecule has 5 aromatic rings. The third-order valence-corrected chi connectivity index (χ3v) is 9.65. The van der Waals surface area contributed by atoms with E-state index in [1.807, 2.05) is 18.2 Å². The van der Waals surface area contributed by atoms with Crippen molar-refractivity contribution in [1.29, 1.82) is 5.26 Å². The largest absolute Gasteiger partial charge is 0.454 e. The van der Waals surface area contributed by atoms with Crippen LogP contribution in [0.5, 0.6) is 0 Å². The number of furan rings is 1. The second-order valence-corrected chi connectivity index (χ2v) is 11.8. The van der Waals surface area contributed by atoms with Crippen LogP contribution < -0.4 is 4.57 Å². The molecule has 0 amide bonds. The Hall–Kier alpha value is -3.90. The van der Waals surface area contributed by atoms with Crippen molar-refractivity contribution >= 4 is 21.9 Å². The van der Waals surface area contributed by atoms with Gasteiger partial charge in [-0.3, -0.25) is 0 Å². The topological polar surface area (TPSA) is 40.8 Å². The van der Waals surface area contributed by atoms with Crippen molar-refractivity contribution in [3.63, 3.8) is 0 Å². The van der Waals surface area contributed by atoms with Gasteiger partial charge in [0.15, 0.2) is 6.20 Å². The standard InChI is InChI=1S/C36H35N2O/c1-23-13-19-30-31-20-18-27(22-37)34(36(31)39-35(30)33(23)32-12-5-6-21-38(32)2)26-16-14-25(15-17-26)29-11-7-10-28(29)24-8-3-4-9-24/h5-6,12-21,24,28-29H,3-4,7-11H2,1-2H3/q+1. The molecular formula is C36H35N2O+. The van der Waals surface area contributed by atoms with Crippen LogP contribution >= 0.6 is 0 Å². The first-order valence-corrected chi connectivity index (χ1v) is 14.6. The number of rotatable bonds is 4. The Kier molecular flexibility index (Phi) is 6.00. The first-order chi connectivity index (χ1) is 19.1. The number of benzene rings is 3. The Morgan fingerprint density at radius 3 is 2.28 bits per heavy atom. The van der Waals surface area contributed by atoms with Gasteiger partial charge in [-0.2, -0.15) is 5.26 Å². The van der Waals surface area contributed by atoms with Gasteiger partial charge in [-0.25, -0.2) is 4.57 Å². The molecule has 0 aliphatic heterocycles. The van der Waals surface area contributed by atoms with Gasteiger partial charge < -0.3 is 4.42 Å². The SMILES string of the molecule is Cc1ccc2c(oc3c(-c4ccc(C5CCCC5C5CCCC5)cc4)c(C#N)ccc32)c1-c1cccc[n+]1C. The van der Waals surface area contributed by atoms with Gasteiger partial charge in [0.1, 0.15) is 18.2 Å². The van der Waals surface area contributed by atoms with Gasteiger partial charge in [-0.05, 0) is 72.4 Å². The molecule has 0 N–H and O–H groups in total. The second kappa shape index (κ2) is 9.69. The molecule has 0 radical (unpaired) electrons. The fraction of sp³-hybridized carbons (Fsp3) is 0.333. The van der Waals surface area contributed by atoms with Gasteiger partial charge in [-0.15, -0.1) is 0 Å². The lowest BCUT2D eigenvalue weighted by Gasteiger charge is -2.26. The number of nitrogens with zero attached hydrogens (tertiary/aromatic N) is 2. The average Bonchev–Trinajstić information content (AvgIpc) is 3.73. The third kappa shape index (κ3) is 3.97. The first-order valence-electron chi connectivity index (χ1n) is 14.6. The second-order valence-electron chi connectivity index (χ2n) is 11.8. The molecule has 2 heterocycles. The van der Waals surface area contributed by atoms with Gasteiger partial charge >= 0.3 is 0 Å². The summed E-state index contributed by atoms with van der Waals surface area (Å²) in [5.41, 5.74) is 9.14. The van der Waals surface area contributed by atoms with Gasteiger partial charge in [-0.1, -0.05) is 68.5 Å². The number of aromatic nitrogens is 1. The Labute approximate surface area is 230 Å². The van der Waals surface area contributed by atoms with Crippen molar-refractivity contribution in [2.45, 2.75) is 57.8 Å². The maximum absolute atomic E-state index is 10.1. The smallest absolute Gasteiger partial charge is 0.216 e. The maximum atomic E-state index is 10.1. The summed E-state index contributed by atoms with van der Waals surface area (Å²) in [6.45, 7) is 2.14. The van der Waals surface area contributed by atoms with Crippen LogP contribution in [0.1, 0.15) is 67.6 Å². The highest BCUT2D eigenvalue weighted by Gasteiger charge is 2.35. The molecule has 0 saturated heterocycles. The summed E-state index contributed by atoms with van der Waals surface area (Å²) in [6, 6.07) is 26.1. The van der Waals surface area contributed by atoms with E-state index in [1.165, 1.54) is 56.1 Å². The average molecular weight is 512 g/mol. The number of pyridine rings is 1. The molecule has 3 heteroatoms. The molecule has 39 heavy (non-hydrogen) atoms. The number of hydrogen-bond donors (Lipinski definition) is 0. The van der Waals surface area contributed by atoms with Crippen LogP contribution in [0.3, 0.4) is 0 Å². The molecule has 3 aromatic carbocycles. The van der Waals surface area contributed by atoms with Crippen molar-refractivity contribution in [3.8, 4) is 28.5 Å². The van der Waals surface area contributed by atoms with E-state index in [0.717, 1.165) is 56.2 Å². The Balaban J connectivity index is 1.36. The first kappa shape index (κ1) is 24.2. The molecule has 2 aliphatic carbocycles. The Morgan fingerprint density at radius 1 is 0.795 bits per heavy atom. The highest BCUT2D eigenvalue weighted by Crippen LogP contribution is 2.49. The molecule has 194 valence electrons. The minimum absolute atomic E-state index is 0.655. The zero-order valence-corrected chi connectivity index (χ0v) is 22.9. The molecule has 3 nitrogen and oxygen atoms in total. The van der Waals surface area contributed by atoms with E-state index >= 15 is 0 Å². The van der Waals surface area contributed by atoms with Gasteiger partial charge in [0.2, 0.25) is 5.69 Å². The quantitative estimate of drug-likeness (QED) is 0.226. The monoisotopic (exact) mass is 511 g/mol. The zero-order chi connectivity index (χ0) is 26.5. The molecular weight excluding hydrogens is 476 g/mol. The van der Waals surface area contributed by atoms with Crippen LogP contribution in [0.25, 0.3) is 44.3 Å². The summed E-state index contributed by atoms with van der Waals surface area (Å²) in [6.07, 6.45) is 11.8. The lowest BCUT2D eigenvalue weighted by atomic mass is 9.79. The summed E-state index contributed by atoms with van der Waals surface area (Å²) in [5, 5.41) is 12.3. The van der Waals surface area contributed by atoms with Crippen LogP contribution in [-0.2, 0) is 7.05 Å². The van der Waals surface area contributed by atoms with E-state index in [4.69, 9.17) is 4.42 Å². The van der Waals surface area contributed by atoms with Crippen LogP contribution in [-0.4, -0.2) is 0 Å². The van der Waals surface area contributed by atoms with Gasteiger partial charge in [0.25, 0.3) is 0 Å². The van der Waals surface area contributed by atoms with Crippen LogP contribution in [0, 0.1) is 30.1 Å². The summed E-state index contributed by atoms with van der Waals surface area (Å²) >= 11 is 0. The molecule has 7 rings (SSSR count). The number of aryl methyl sites for hydroxylation is 2. The zero-order valence-electron chi connectivity index (χ0n) is 22.9. The molecule has 0 spiro atoms. The summed E-state index contributed by atoms with van der Waals surface area (Å²) in [5.74, 6) is 2.43. The molecule has 0 bridgehead atoms. The van der Waals surface area contributed by atoms with Crippen molar-refractivity contribution in [2.24, 2.45) is 18.9 Å². The molecule has 2 fully saturated rings. The Bertz CT molecular complexity index is 1730. The van der Waals surface area contributed by atoms with E-state index in [2.05, 4.69) is 79.3 Å². The van der Waals surface area contributed by atoms with E-state index in [1.54, 1.807) is 0 Å². The molecule has 2 saturated carbocycles. The van der Waals surface area contributed by atoms with E-state index < -0.39 is 0 Å². The number of nitriles is 1. The van der Waals surface area contributed by atoms with Gasteiger partial charge in [0, 0.05) is 28.5 Å². The van der Waals surface area contributed by atoms with Crippen molar-refractivity contribution in [3.05, 3.63) is 89.6 Å². The summed E-state index contributed by atoms with van der Waals surface area (Å²) in [4.78, 5) is 0. The van der Waals surface area contributed by atoms with Crippen molar-refractivity contribution in [1.82, 2.24) is 0 Å². The minimum atomic E-state index is 0.655. The van der Waals surface area contributed by atoms with Gasteiger partial charge in [0.05, 0.1) is 17.2 Å². The molecule has 2 aromatic heterocycles. The molecule has 2 aliphatic rings. The van der Waals surface area contributed by atoms with Crippen molar-refractivity contribution in [2.75, 3.05) is 0 Å². The normalized spacial score (nSPS) is 19.7. The summed E-state index contributed by atoms with van der Waals surface area (Å²) in [7, 11) is 2.07. The molecule has 2 unspecified atom stereocenters. The number of fused-ring (bicyclic) bond motifs is 3. The van der Waals surface area contributed by atoms with E-state index in [-0.39, 0.29) is 0 Å². The fourth-order valence-electron chi connectivity index (χ4n) is 7.73. The van der Waals surface area contributed by atoms with E-state index in [9.17, 15) is 5.26 Å². The third-order valence-electron chi connectivity index (χ3n) is 9.65. The highest BCUT2D eigenvalue weighted by atomic mass is 16.3. The highest BCUT2D eigenvalue weighted by molar-refractivity contribution is 6.14. The fourth-order valence-corrected chi connectivity index (χ4v) is 7.73. The predicted molar refractivity (Wildman–Crippen MR) is 157 cm³/mol. The Morgan fingerprint density at radius 2 is 1.54 bits per heavy atom. The van der Waals surface area contributed by atoms with Crippen LogP contribution in [0.2, 0.25) is 0 Å². The number of hydrogen-bond acceptors (Lipinski definition) is 2. The van der Waals surface area contributed by atoms with Crippen molar-refractivity contribution < 1.29 is 8.98 Å². The molecule has 2 atom stereocenters. The van der Waals surface area contributed by atoms with E-state index in [0.29, 0.717) is 11.5 Å². The lowest BCUT2D eigenvalue weighted by Crippen LogP contribution is -2.30. The maximum Gasteiger partial charge on any atom is 0.216 e. The van der Waals surface area contributed by atoms with Crippen LogP contribution in [0.15, 0.2) is 77.3 Å². The lowest BCUT2D eigenvalue weighted by molar-refractivity contribution is -0.660.